The van der Waals surface area contributed by atoms with Gasteiger partial charge in [0.2, 0.25) is 0 Å². The van der Waals surface area contributed by atoms with Crippen molar-refractivity contribution >= 4 is 22.4 Å². The Kier molecular flexibility index (Phi) is 3.69. The Morgan fingerprint density at radius 3 is 2.95 bits per heavy atom. The second-order valence-corrected chi connectivity index (χ2v) is 6.00. The summed E-state index contributed by atoms with van der Waals surface area (Å²) < 4.78 is 0. The highest BCUT2D eigenvalue weighted by molar-refractivity contribution is 7.15. The van der Waals surface area contributed by atoms with Crippen molar-refractivity contribution in [1.29, 1.82) is 0 Å². The smallest absolute Gasteiger partial charge is 0.312 e. The van der Waals surface area contributed by atoms with Crippen LogP contribution >= 0.6 is 11.3 Å². The van der Waals surface area contributed by atoms with E-state index in [1.54, 1.807) is 11.3 Å². The fourth-order valence-corrected chi connectivity index (χ4v) is 3.57. The molecule has 5 heteroatoms. The first-order valence-corrected chi connectivity index (χ1v) is 7.56. The van der Waals surface area contributed by atoms with Crippen LogP contribution in [0.25, 0.3) is 0 Å². The van der Waals surface area contributed by atoms with Gasteiger partial charge in [0.05, 0.1) is 5.69 Å². The Bertz CT molecular complexity index is 610. The third-order valence-electron chi connectivity index (χ3n) is 3.55. The predicted molar refractivity (Wildman–Crippen MR) is 79.4 cm³/mol. The van der Waals surface area contributed by atoms with Crippen molar-refractivity contribution in [2.75, 3.05) is 11.9 Å². The summed E-state index contributed by atoms with van der Waals surface area (Å²) in [5.74, 6) is -1.17. The van der Waals surface area contributed by atoms with Crippen molar-refractivity contribution in [3.8, 4) is 0 Å². The van der Waals surface area contributed by atoms with Gasteiger partial charge < -0.3 is 10.4 Å². The van der Waals surface area contributed by atoms with Gasteiger partial charge in [-0.3, -0.25) is 4.79 Å². The van der Waals surface area contributed by atoms with Gasteiger partial charge in [-0.2, -0.15) is 0 Å². The number of nitrogens with zero attached hydrogens (tertiary/aromatic N) is 1. The van der Waals surface area contributed by atoms with Gasteiger partial charge in [0.15, 0.2) is 5.13 Å². The number of fused-ring (bicyclic) bond motifs is 1. The van der Waals surface area contributed by atoms with Crippen LogP contribution in [0.5, 0.6) is 0 Å². The number of nitrogens with one attached hydrogen (secondary N) is 1. The molecule has 0 amide bonds. The van der Waals surface area contributed by atoms with E-state index in [0.717, 1.165) is 35.1 Å². The van der Waals surface area contributed by atoms with Gasteiger partial charge in [-0.05, 0) is 24.8 Å². The van der Waals surface area contributed by atoms with E-state index in [2.05, 4.69) is 22.4 Å². The number of rotatable bonds is 5. The Morgan fingerprint density at radius 1 is 1.40 bits per heavy atom. The number of carboxylic acid groups (broad SMARTS) is 1. The molecule has 1 atom stereocenters. The molecular weight excluding hydrogens is 272 g/mol. The summed E-state index contributed by atoms with van der Waals surface area (Å²) in [6.45, 7) is 0.814. The zero-order chi connectivity index (χ0) is 13.9. The maximum Gasteiger partial charge on any atom is 0.312 e. The molecule has 0 saturated heterocycles. The lowest BCUT2D eigenvalue weighted by atomic mass is 10.1. The number of hydrogen-bond donors (Lipinski definition) is 2. The molecule has 1 aliphatic rings. The van der Waals surface area contributed by atoms with E-state index in [-0.39, 0.29) is 0 Å². The van der Waals surface area contributed by atoms with Crippen LogP contribution in [0, 0.1) is 0 Å². The molecule has 1 aromatic carbocycles. The van der Waals surface area contributed by atoms with Crippen LogP contribution in [0.15, 0.2) is 30.3 Å². The van der Waals surface area contributed by atoms with Crippen molar-refractivity contribution in [1.82, 2.24) is 4.98 Å². The lowest BCUT2D eigenvalue weighted by Crippen LogP contribution is -2.09. The first-order chi connectivity index (χ1) is 9.74. The number of benzene rings is 1. The quantitative estimate of drug-likeness (QED) is 0.888. The summed E-state index contributed by atoms with van der Waals surface area (Å²) in [4.78, 5) is 16.7. The van der Waals surface area contributed by atoms with Crippen molar-refractivity contribution in [2.45, 2.75) is 25.2 Å². The van der Waals surface area contributed by atoms with Crippen LogP contribution < -0.4 is 5.32 Å². The van der Waals surface area contributed by atoms with Gasteiger partial charge in [-0.15, -0.1) is 11.3 Å². The molecular formula is C15H16N2O2S. The molecule has 4 nitrogen and oxygen atoms in total. The summed E-state index contributed by atoms with van der Waals surface area (Å²) in [6, 6.07) is 10.3. The van der Waals surface area contributed by atoms with Gasteiger partial charge in [-0.25, -0.2) is 4.98 Å². The third kappa shape index (κ3) is 2.67. The lowest BCUT2D eigenvalue weighted by molar-refractivity contribution is -0.138. The lowest BCUT2D eigenvalue weighted by Gasteiger charge is -2.04. The number of thiazole rings is 1. The number of hydrogen-bond acceptors (Lipinski definition) is 4. The molecule has 20 heavy (non-hydrogen) atoms. The Labute approximate surface area is 121 Å². The summed E-state index contributed by atoms with van der Waals surface area (Å²) in [5.41, 5.74) is 2.05. The summed E-state index contributed by atoms with van der Waals surface area (Å²) in [7, 11) is 0. The van der Waals surface area contributed by atoms with Crippen LogP contribution in [0.3, 0.4) is 0 Å². The van der Waals surface area contributed by atoms with E-state index >= 15 is 0 Å². The normalized spacial score (nSPS) is 16.9. The minimum atomic E-state index is -0.759. The van der Waals surface area contributed by atoms with E-state index in [1.165, 1.54) is 5.56 Å². The first-order valence-electron chi connectivity index (χ1n) is 6.74. The fraction of sp³-hybridized carbons (Fsp3) is 0.333. The van der Waals surface area contributed by atoms with E-state index in [4.69, 9.17) is 5.11 Å². The largest absolute Gasteiger partial charge is 0.481 e. The zero-order valence-electron chi connectivity index (χ0n) is 11.0. The van der Waals surface area contributed by atoms with Gasteiger partial charge in [0, 0.05) is 11.4 Å². The minimum Gasteiger partial charge on any atom is -0.481 e. The Morgan fingerprint density at radius 2 is 2.20 bits per heavy atom. The molecule has 2 aromatic rings. The van der Waals surface area contributed by atoms with Crippen LogP contribution in [0.1, 0.15) is 28.5 Å². The molecule has 1 heterocycles. The topological polar surface area (TPSA) is 62.2 Å². The van der Waals surface area contributed by atoms with Crippen LogP contribution in [0.2, 0.25) is 0 Å². The van der Waals surface area contributed by atoms with E-state index in [9.17, 15) is 4.79 Å². The third-order valence-corrected chi connectivity index (χ3v) is 4.64. The van der Waals surface area contributed by atoms with Gasteiger partial charge in [0.25, 0.3) is 0 Å². The number of aryl methyl sites for hydroxylation is 1. The molecule has 2 N–H and O–H groups in total. The molecule has 1 aromatic heterocycles. The van der Waals surface area contributed by atoms with Crippen LogP contribution in [-0.4, -0.2) is 22.6 Å². The average Bonchev–Trinajstić information content (AvgIpc) is 2.99. The zero-order valence-corrected chi connectivity index (χ0v) is 11.8. The molecule has 104 valence electrons. The number of carboxylic acids is 1. The second-order valence-electron chi connectivity index (χ2n) is 4.92. The van der Waals surface area contributed by atoms with E-state index in [0.29, 0.717) is 6.42 Å². The predicted octanol–water partition coefficient (Wildman–Crippen LogP) is 2.91. The first kappa shape index (κ1) is 13.1. The SMILES string of the molecule is O=C(O)C1CCc2sc(NCCc3ccccc3)nc21. The van der Waals surface area contributed by atoms with Crippen molar-refractivity contribution in [2.24, 2.45) is 0 Å². The highest BCUT2D eigenvalue weighted by atomic mass is 32.1. The Hall–Kier alpha value is -1.88. The fourth-order valence-electron chi connectivity index (χ4n) is 2.50. The summed E-state index contributed by atoms with van der Waals surface area (Å²) in [6.07, 6.45) is 2.46. The number of aliphatic carboxylic acids is 1. The molecule has 3 rings (SSSR count). The highest BCUT2D eigenvalue weighted by Gasteiger charge is 2.32. The number of aromatic nitrogens is 1. The molecule has 0 aliphatic heterocycles. The van der Waals surface area contributed by atoms with Crippen molar-refractivity contribution < 1.29 is 9.90 Å². The molecule has 1 unspecified atom stereocenters. The monoisotopic (exact) mass is 288 g/mol. The van der Waals surface area contributed by atoms with E-state index in [1.807, 2.05) is 18.2 Å². The summed E-state index contributed by atoms with van der Waals surface area (Å²) >= 11 is 1.59. The maximum absolute atomic E-state index is 11.1. The molecule has 0 radical (unpaired) electrons. The summed E-state index contributed by atoms with van der Waals surface area (Å²) in [5, 5.41) is 13.3. The maximum atomic E-state index is 11.1. The number of carbonyl (C=O) groups is 1. The highest BCUT2D eigenvalue weighted by Crippen LogP contribution is 2.38. The van der Waals surface area contributed by atoms with Crippen LogP contribution in [0.4, 0.5) is 5.13 Å². The average molecular weight is 288 g/mol. The minimum absolute atomic E-state index is 0.411. The standard InChI is InChI=1S/C15H16N2O2S/c18-14(19)11-6-7-12-13(11)17-15(20-12)16-9-8-10-4-2-1-3-5-10/h1-5,11H,6-9H2,(H,16,17)(H,18,19). The second kappa shape index (κ2) is 5.63. The van der Waals surface area contributed by atoms with Crippen molar-refractivity contribution in [3.63, 3.8) is 0 Å². The van der Waals surface area contributed by atoms with Gasteiger partial charge in [-0.1, -0.05) is 30.3 Å². The van der Waals surface area contributed by atoms with Gasteiger partial charge in [0.1, 0.15) is 5.92 Å². The number of anilines is 1. The molecule has 1 aliphatic carbocycles. The van der Waals surface area contributed by atoms with Crippen LogP contribution in [-0.2, 0) is 17.6 Å². The van der Waals surface area contributed by atoms with E-state index < -0.39 is 11.9 Å². The van der Waals surface area contributed by atoms with Crippen molar-refractivity contribution in [3.05, 3.63) is 46.5 Å². The molecule has 0 fully saturated rings. The molecule has 0 bridgehead atoms. The molecule has 0 spiro atoms. The molecule has 0 saturated carbocycles. The van der Waals surface area contributed by atoms with Gasteiger partial charge >= 0.3 is 5.97 Å². The Balaban J connectivity index is 1.60.